The molecule has 2 N–H and O–H groups in total. The molecule has 0 fully saturated rings. The Balaban J connectivity index is 2.38. The normalized spacial score (nSPS) is 9.41. The zero-order valence-electron chi connectivity index (χ0n) is 9.99. The Labute approximate surface area is 102 Å². The minimum Gasteiger partial charge on any atom is -0.385 e. The molecule has 1 aromatic carbocycles. The fraction of sp³-hybridized carbons (Fsp3) is 0.385. The van der Waals surface area contributed by atoms with E-state index in [2.05, 4.69) is 16.7 Å². The fourth-order valence-corrected chi connectivity index (χ4v) is 1.47. The lowest BCUT2D eigenvalue weighted by Crippen LogP contribution is -2.06. The standard InChI is InChI=1S/C13H17N3O/c1-11(17)16-13-7-5-6-12(10-13)15-9-4-2-3-8-14/h5-7,10,15H,2-4,9H2,1H3,(H,16,17). The summed E-state index contributed by atoms with van der Waals surface area (Å²) in [5.41, 5.74) is 1.77. The average Bonchev–Trinajstić information content (AvgIpc) is 2.28. The van der Waals surface area contributed by atoms with Crippen LogP contribution in [0, 0.1) is 11.3 Å². The van der Waals surface area contributed by atoms with Crippen molar-refractivity contribution in [2.24, 2.45) is 0 Å². The van der Waals surface area contributed by atoms with E-state index in [1.54, 1.807) is 0 Å². The van der Waals surface area contributed by atoms with Gasteiger partial charge in [-0.1, -0.05) is 6.07 Å². The molecule has 0 atom stereocenters. The van der Waals surface area contributed by atoms with E-state index in [4.69, 9.17) is 5.26 Å². The molecule has 0 aliphatic rings. The van der Waals surface area contributed by atoms with Crippen LogP contribution in [0.5, 0.6) is 0 Å². The van der Waals surface area contributed by atoms with E-state index >= 15 is 0 Å². The highest BCUT2D eigenvalue weighted by Gasteiger charge is 1.97. The Hall–Kier alpha value is -2.02. The average molecular weight is 231 g/mol. The number of rotatable bonds is 6. The zero-order chi connectivity index (χ0) is 12.5. The van der Waals surface area contributed by atoms with Gasteiger partial charge in [-0.05, 0) is 31.0 Å². The van der Waals surface area contributed by atoms with Crippen LogP contribution in [0.3, 0.4) is 0 Å². The van der Waals surface area contributed by atoms with Crippen LogP contribution in [-0.4, -0.2) is 12.5 Å². The number of anilines is 2. The van der Waals surface area contributed by atoms with Gasteiger partial charge in [0.25, 0.3) is 0 Å². The van der Waals surface area contributed by atoms with Gasteiger partial charge >= 0.3 is 0 Å². The number of carbonyl (C=O) groups excluding carboxylic acids is 1. The molecule has 0 aliphatic carbocycles. The molecule has 4 nitrogen and oxygen atoms in total. The van der Waals surface area contributed by atoms with Crippen molar-refractivity contribution in [1.29, 1.82) is 5.26 Å². The predicted octanol–water partition coefficient (Wildman–Crippen LogP) is 2.75. The van der Waals surface area contributed by atoms with Gasteiger partial charge in [0.15, 0.2) is 0 Å². The van der Waals surface area contributed by atoms with Gasteiger partial charge in [0.1, 0.15) is 0 Å². The molecule has 1 amide bonds. The lowest BCUT2D eigenvalue weighted by molar-refractivity contribution is -0.114. The first-order chi connectivity index (χ1) is 8.22. The summed E-state index contributed by atoms with van der Waals surface area (Å²) in [5, 5.41) is 14.4. The van der Waals surface area contributed by atoms with Crippen LogP contribution in [0.1, 0.15) is 26.2 Å². The quantitative estimate of drug-likeness (QED) is 0.740. The van der Waals surface area contributed by atoms with Crippen LogP contribution in [-0.2, 0) is 4.79 Å². The molecular formula is C13H17N3O. The Morgan fingerprint density at radius 2 is 2.12 bits per heavy atom. The van der Waals surface area contributed by atoms with E-state index in [1.807, 2.05) is 24.3 Å². The largest absolute Gasteiger partial charge is 0.385 e. The molecule has 17 heavy (non-hydrogen) atoms. The molecule has 4 heteroatoms. The molecule has 0 unspecified atom stereocenters. The summed E-state index contributed by atoms with van der Waals surface area (Å²) in [5.74, 6) is -0.0730. The lowest BCUT2D eigenvalue weighted by Gasteiger charge is -2.08. The highest BCUT2D eigenvalue weighted by atomic mass is 16.1. The van der Waals surface area contributed by atoms with Crippen molar-refractivity contribution in [2.45, 2.75) is 26.2 Å². The van der Waals surface area contributed by atoms with Crippen LogP contribution in [0.2, 0.25) is 0 Å². The number of hydrogen-bond donors (Lipinski definition) is 2. The van der Waals surface area contributed by atoms with Crippen molar-refractivity contribution < 1.29 is 4.79 Å². The van der Waals surface area contributed by atoms with Gasteiger partial charge in [-0.15, -0.1) is 0 Å². The van der Waals surface area contributed by atoms with Gasteiger partial charge in [0, 0.05) is 31.3 Å². The van der Waals surface area contributed by atoms with Crippen LogP contribution in [0.25, 0.3) is 0 Å². The SMILES string of the molecule is CC(=O)Nc1cccc(NCCCCC#N)c1. The van der Waals surface area contributed by atoms with Gasteiger partial charge in [-0.2, -0.15) is 5.26 Å². The Morgan fingerprint density at radius 1 is 1.35 bits per heavy atom. The van der Waals surface area contributed by atoms with Crippen molar-refractivity contribution in [3.05, 3.63) is 24.3 Å². The Morgan fingerprint density at radius 3 is 2.82 bits per heavy atom. The molecular weight excluding hydrogens is 214 g/mol. The van der Waals surface area contributed by atoms with Crippen LogP contribution < -0.4 is 10.6 Å². The van der Waals surface area contributed by atoms with Gasteiger partial charge in [0.05, 0.1) is 6.07 Å². The summed E-state index contributed by atoms with van der Waals surface area (Å²) in [6.45, 7) is 2.33. The topological polar surface area (TPSA) is 64.9 Å². The van der Waals surface area contributed by atoms with Gasteiger partial charge < -0.3 is 10.6 Å². The number of nitriles is 1. The van der Waals surface area contributed by atoms with Crippen LogP contribution in [0.4, 0.5) is 11.4 Å². The first-order valence-corrected chi connectivity index (χ1v) is 5.71. The Kier molecular flexibility index (Phi) is 5.59. The van der Waals surface area contributed by atoms with Crippen LogP contribution in [0.15, 0.2) is 24.3 Å². The van der Waals surface area contributed by atoms with Crippen molar-refractivity contribution in [3.8, 4) is 6.07 Å². The van der Waals surface area contributed by atoms with E-state index < -0.39 is 0 Å². The fourth-order valence-electron chi connectivity index (χ4n) is 1.47. The number of carbonyl (C=O) groups is 1. The summed E-state index contributed by atoms with van der Waals surface area (Å²) < 4.78 is 0. The summed E-state index contributed by atoms with van der Waals surface area (Å²) >= 11 is 0. The third kappa shape index (κ3) is 5.57. The van der Waals surface area contributed by atoms with Gasteiger partial charge in [-0.3, -0.25) is 4.79 Å². The summed E-state index contributed by atoms with van der Waals surface area (Å²) in [6, 6.07) is 9.71. The smallest absolute Gasteiger partial charge is 0.221 e. The molecule has 1 rings (SSSR count). The van der Waals surface area contributed by atoms with Crippen molar-refractivity contribution in [1.82, 2.24) is 0 Å². The van der Waals surface area contributed by atoms with Gasteiger partial charge in [-0.25, -0.2) is 0 Å². The highest BCUT2D eigenvalue weighted by molar-refractivity contribution is 5.89. The second-order valence-electron chi connectivity index (χ2n) is 3.80. The first kappa shape index (κ1) is 13.0. The molecule has 0 aromatic heterocycles. The van der Waals surface area contributed by atoms with E-state index in [1.165, 1.54) is 6.92 Å². The molecule has 0 bridgehead atoms. The summed E-state index contributed by atoms with van der Waals surface area (Å²) in [4.78, 5) is 10.9. The molecule has 0 aliphatic heterocycles. The van der Waals surface area contributed by atoms with E-state index in [9.17, 15) is 4.79 Å². The molecule has 0 heterocycles. The minimum atomic E-state index is -0.0730. The van der Waals surface area contributed by atoms with E-state index in [0.29, 0.717) is 6.42 Å². The predicted molar refractivity (Wildman–Crippen MR) is 68.7 cm³/mol. The van der Waals surface area contributed by atoms with Crippen molar-refractivity contribution in [3.63, 3.8) is 0 Å². The van der Waals surface area contributed by atoms with Crippen molar-refractivity contribution in [2.75, 3.05) is 17.2 Å². The third-order valence-electron chi connectivity index (χ3n) is 2.23. The monoisotopic (exact) mass is 231 g/mol. The number of benzene rings is 1. The summed E-state index contributed by atoms with van der Waals surface area (Å²) in [7, 11) is 0. The molecule has 0 saturated heterocycles. The highest BCUT2D eigenvalue weighted by Crippen LogP contribution is 2.15. The van der Waals surface area contributed by atoms with Gasteiger partial charge in [0.2, 0.25) is 5.91 Å². The van der Waals surface area contributed by atoms with Crippen LogP contribution >= 0.6 is 0 Å². The maximum Gasteiger partial charge on any atom is 0.221 e. The lowest BCUT2D eigenvalue weighted by atomic mass is 10.2. The second-order valence-corrected chi connectivity index (χ2v) is 3.80. The minimum absolute atomic E-state index is 0.0730. The number of nitrogens with one attached hydrogen (secondary N) is 2. The first-order valence-electron chi connectivity index (χ1n) is 5.71. The molecule has 90 valence electrons. The maximum atomic E-state index is 10.9. The maximum absolute atomic E-state index is 10.9. The molecule has 0 spiro atoms. The molecule has 0 saturated carbocycles. The molecule has 0 radical (unpaired) electrons. The zero-order valence-corrected chi connectivity index (χ0v) is 9.99. The summed E-state index contributed by atoms with van der Waals surface area (Å²) in [6.07, 6.45) is 2.49. The molecule has 1 aromatic rings. The number of unbranched alkanes of at least 4 members (excludes halogenated alkanes) is 2. The second kappa shape index (κ2) is 7.29. The number of amides is 1. The Bertz CT molecular complexity index is 409. The van der Waals surface area contributed by atoms with Crippen molar-refractivity contribution >= 4 is 17.3 Å². The van der Waals surface area contributed by atoms with E-state index in [0.717, 1.165) is 30.8 Å². The van der Waals surface area contributed by atoms with E-state index in [-0.39, 0.29) is 5.91 Å². The number of nitrogens with zero attached hydrogens (tertiary/aromatic N) is 1. The third-order valence-corrected chi connectivity index (χ3v) is 2.23. The number of hydrogen-bond acceptors (Lipinski definition) is 3.